The van der Waals surface area contributed by atoms with Crippen LogP contribution in [0, 0.1) is 0 Å². The van der Waals surface area contributed by atoms with Gasteiger partial charge >= 0.3 is 0 Å². The van der Waals surface area contributed by atoms with Gasteiger partial charge in [0.25, 0.3) is 0 Å². The topological polar surface area (TPSA) is 43.8 Å². The van der Waals surface area contributed by atoms with Gasteiger partial charge in [-0.1, -0.05) is 24.6 Å². The first-order valence-corrected chi connectivity index (χ1v) is 5.25. The molecule has 14 heavy (non-hydrogen) atoms. The first-order valence-electron chi connectivity index (χ1n) is 4.87. The maximum Gasteiger partial charge on any atom is 0.0859 e. The van der Waals surface area contributed by atoms with Gasteiger partial charge in [-0.25, -0.2) is 0 Å². The molecule has 0 amide bonds. The maximum atomic E-state index is 5.99. The lowest BCUT2D eigenvalue weighted by Crippen LogP contribution is -2.01. The molecule has 78 valence electrons. The summed E-state index contributed by atoms with van der Waals surface area (Å²) < 4.78 is 1.91. The molecule has 0 aliphatic rings. The molecule has 1 aromatic heterocycles. The van der Waals surface area contributed by atoms with Gasteiger partial charge in [-0.2, -0.15) is 5.10 Å². The molecular formula is C10H16ClN3. The lowest BCUT2D eigenvalue weighted by molar-refractivity contribution is 0.598. The lowest BCUT2D eigenvalue weighted by atomic mass is 10.3. The van der Waals surface area contributed by atoms with E-state index in [4.69, 9.17) is 17.3 Å². The predicted octanol–water partition coefficient (Wildman–Crippen LogP) is 2.31. The first kappa shape index (κ1) is 11.3. The third kappa shape index (κ3) is 2.86. The molecule has 0 unspecified atom stereocenters. The minimum atomic E-state index is 0.663. The highest BCUT2D eigenvalue weighted by Gasteiger charge is 2.03. The molecular weight excluding hydrogens is 198 g/mol. The summed E-state index contributed by atoms with van der Waals surface area (Å²) in [6.07, 6.45) is 7.61. The second kappa shape index (κ2) is 5.83. The van der Waals surface area contributed by atoms with Crippen LogP contribution in [0.15, 0.2) is 12.3 Å². The number of nitrogens with zero attached hydrogens (tertiary/aromatic N) is 2. The average molecular weight is 214 g/mol. The van der Waals surface area contributed by atoms with Gasteiger partial charge in [0, 0.05) is 6.54 Å². The van der Waals surface area contributed by atoms with Crippen LogP contribution in [-0.4, -0.2) is 16.3 Å². The van der Waals surface area contributed by atoms with Crippen molar-refractivity contribution in [1.82, 2.24) is 9.78 Å². The van der Waals surface area contributed by atoms with Gasteiger partial charge in [0.1, 0.15) is 0 Å². The van der Waals surface area contributed by atoms with Crippen LogP contribution in [0.4, 0.5) is 0 Å². The van der Waals surface area contributed by atoms with Crippen LogP contribution >= 0.6 is 11.6 Å². The summed E-state index contributed by atoms with van der Waals surface area (Å²) in [5, 5.41) is 4.89. The number of aromatic nitrogens is 2. The Labute approximate surface area is 89.5 Å². The van der Waals surface area contributed by atoms with Crippen molar-refractivity contribution in [3.05, 3.63) is 23.0 Å². The summed E-state index contributed by atoms with van der Waals surface area (Å²) in [5.41, 5.74) is 6.37. The highest BCUT2D eigenvalue weighted by molar-refractivity contribution is 6.31. The summed E-state index contributed by atoms with van der Waals surface area (Å²) in [6, 6.07) is 0. The molecule has 3 nitrogen and oxygen atoms in total. The van der Waals surface area contributed by atoms with Gasteiger partial charge < -0.3 is 5.73 Å². The van der Waals surface area contributed by atoms with E-state index in [2.05, 4.69) is 12.0 Å². The largest absolute Gasteiger partial charge is 0.330 e. The maximum absolute atomic E-state index is 5.99. The van der Waals surface area contributed by atoms with Crippen LogP contribution in [0.3, 0.4) is 0 Å². The zero-order valence-corrected chi connectivity index (χ0v) is 9.17. The van der Waals surface area contributed by atoms with Gasteiger partial charge in [0.15, 0.2) is 0 Å². The van der Waals surface area contributed by atoms with Crippen LogP contribution in [0.1, 0.15) is 25.5 Å². The van der Waals surface area contributed by atoms with E-state index < -0.39 is 0 Å². The molecule has 1 heterocycles. The van der Waals surface area contributed by atoms with Crippen molar-refractivity contribution < 1.29 is 0 Å². The summed E-state index contributed by atoms with van der Waals surface area (Å²) in [5.74, 6) is 0. The van der Waals surface area contributed by atoms with Gasteiger partial charge in [-0.05, 0) is 25.5 Å². The fraction of sp³-hybridized carbons (Fsp3) is 0.500. The molecule has 0 spiro atoms. The Kier molecular flexibility index (Phi) is 4.70. The number of hydrogen-bond acceptors (Lipinski definition) is 2. The molecule has 0 aromatic carbocycles. The fourth-order valence-electron chi connectivity index (χ4n) is 1.22. The Bertz CT molecular complexity index is 304. The van der Waals surface area contributed by atoms with Crippen molar-refractivity contribution in [2.24, 2.45) is 5.73 Å². The van der Waals surface area contributed by atoms with Crippen molar-refractivity contribution in [3.8, 4) is 0 Å². The molecule has 4 heteroatoms. The molecule has 0 saturated heterocycles. The third-order valence-corrected chi connectivity index (χ3v) is 2.17. The van der Waals surface area contributed by atoms with Crippen LogP contribution in [0.25, 0.3) is 6.08 Å². The molecule has 0 aliphatic heterocycles. The standard InChI is InChI=1S/C10H16ClN3/c1-2-7-14-10(5-3-4-6-12)9(11)8-13-14/h3,5,8H,2,4,6-7,12H2,1H3/b5-3+. The van der Waals surface area contributed by atoms with E-state index in [1.807, 2.05) is 16.8 Å². The predicted molar refractivity (Wildman–Crippen MR) is 60.2 cm³/mol. The van der Waals surface area contributed by atoms with Crippen molar-refractivity contribution in [3.63, 3.8) is 0 Å². The molecule has 0 radical (unpaired) electrons. The second-order valence-corrected chi connectivity index (χ2v) is 3.49. The molecule has 1 aromatic rings. The quantitative estimate of drug-likeness (QED) is 0.816. The monoisotopic (exact) mass is 213 g/mol. The number of rotatable bonds is 5. The molecule has 0 bridgehead atoms. The fourth-order valence-corrected chi connectivity index (χ4v) is 1.42. The molecule has 1 rings (SSSR count). The number of aryl methyl sites for hydroxylation is 1. The zero-order valence-electron chi connectivity index (χ0n) is 8.41. The van der Waals surface area contributed by atoms with Crippen LogP contribution < -0.4 is 5.73 Å². The number of hydrogen-bond donors (Lipinski definition) is 1. The number of halogens is 1. The Morgan fingerprint density at radius 1 is 1.64 bits per heavy atom. The van der Waals surface area contributed by atoms with E-state index in [0.29, 0.717) is 11.6 Å². The second-order valence-electron chi connectivity index (χ2n) is 3.08. The van der Waals surface area contributed by atoms with E-state index in [0.717, 1.165) is 25.1 Å². The molecule has 0 aliphatic carbocycles. The average Bonchev–Trinajstić information content (AvgIpc) is 2.50. The minimum Gasteiger partial charge on any atom is -0.330 e. The third-order valence-electron chi connectivity index (χ3n) is 1.88. The Hall–Kier alpha value is -0.800. The highest BCUT2D eigenvalue weighted by Crippen LogP contribution is 2.17. The van der Waals surface area contributed by atoms with Crippen LogP contribution in [0.5, 0.6) is 0 Å². The van der Waals surface area contributed by atoms with Crippen molar-refractivity contribution in [2.75, 3.05) is 6.54 Å². The summed E-state index contributed by atoms with van der Waals surface area (Å²) >= 11 is 5.99. The Morgan fingerprint density at radius 3 is 3.07 bits per heavy atom. The zero-order chi connectivity index (χ0) is 10.4. The SMILES string of the molecule is CCCn1ncc(Cl)c1/C=C/CCN. The Morgan fingerprint density at radius 2 is 2.43 bits per heavy atom. The first-order chi connectivity index (χ1) is 6.79. The van der Waals surface area contributed by atoms with E-state index in [9.17, 15) is 0 Å². The highest BCUT2D eigenvalue weighted by atomic mass is 35.5. The molecule has 0 saturated carbocycles. The van der Waals surface area contributed by atoms with Gasteiger partial charge in [-0.15, -0.1) is 0 Å². The van der Waals surface area contributed by atoms with E-state index >= 15 is 0 Å². The normalized spacial score (nSPS) is 11.4. The minimum absolute atomic E-state index is 0.663. The van der Waals surface area contributed by atoms with Crippen molar-refractivity contribution >= 4 is 17.7 Å². The van der Waals surface area contributed by atoms with Crippen LogP contribution in [-0.2, 0) is 6.54 Å². The molecule has 0 fully saturated rings. The number of nitrogens with two attached hydrogens (primary N) is 1. The van der Waals surface area contributed by atoms with Gasteiger partial charge in [-0.3, -0.25) is 4.68 Å². The Balaban J connectivity index is 2.76. The summed E-state index contributed by atoms with van der Waals surface area (Å²) in [4.78, 5) is 0. The van der Waals surface area contributed by atoms with Crippen LogP contribution in [0.2, 0.25) is 5.02 Å². The van der Waals surface area contributed by atoms with Crippen molar-refractivity contribution in [2.45, 2.75) is 26.3 Å². The molecule has 2 N–H and O–H groups in total. The van der Waals surface area contributed by atoms with E-state index in [1.165, 1.54) is 0 Å². The van der Waals surface area contributed by atoms with Gasteiger partial charge in [0.2, 0.25) is 0 Å². The smallest absolute Gasteiger partial charge is 0.0859 e. The summed E-state index contributed by atoms with van der Waals surface area (Å²) in [6.45, 7) is 3.67. The summed E-state index contributed by atoms with van der Waals surface area (Å²) in [7, 11) is 0. The van der Waals surface area contributed by atoms with E-state index in [1.54, 1.807) is 6.20 Å². The molecule has 0 atom stereocenters. The van der Waals surface area contributed by atoms with E-state index in [-0.39, 0.29) is 0 Å². The van der Waals surface area contributed by atoms with Gasteiger partial charge in [0.05, 0.1) is 16.9 Å². The van der Waals surface area contributed by atoms with Crippen molar-refractivity contribution in [1.29, 1.82) is 0 Å². The lowest BCUT2D eigenvalue weighted by Gasteiger charge is -2.01.